The number of carbonyl (C=O) groups is 1. The van der Waals surface area contributed by atoms with Gasteiger partial charge in [0.05, 0.1) is 30.1 Å². The van der Waals surface area contributed by atoms with Crippen LogP contribution < -0.4 is 4.31 Å². The molecule has 0 spiro atoms. The number of carbonyl (C=O) groups excluding carboxylic acids is 1. The number of nitrogens with one attached hydrogen (secondary N) is 1. The van der Waals surface area contributed by atoms with Crippen molar-refractivity contribution in [3.05, 3.63) is 71.6 Å². The van der Waals surface area contributed by atoms with E-state index in [1.807, 2.05) is 18.2 Å². The zero-order valence-corrected chi connectivity index (χ0v) is 16.8. The Kier molecular flexibility index (Phi) is 4.79. The molecule has 150 valence electrons. The molecule has 2 aromatic heterocycles. The van der Waals surface area contributed by atoms with Gasteiger partial charge in [0.25, 0.3) is 5.91 Å². The van der Waals surface area contributed by atoms with Gasteiger partial charge >= 0.3 is 0 Å². The van der Waals surface area contributed by atoms with Crippen molar-refractivity contribution in [2.24, 2.45) is 0 Å². The van der Waals surface area contributed by atoms with E-state index in [9.17, 15) is 13.2 Å². The van der Waals surface area contributed by atoms with Crippen LogP contribution >= 0.6 is 0 Å². The molecule has 0 unspecified atom stereocenters. The Balaban J connectivity index is 1.67. The maximum atomic E-state index is 13.0. The van der Waals surface area contributed by atoms with E-state index < -0.39 is 10.0 Å². The predicted molar refractivity (Wildman–Crippen MR) is 107 cm³/mol. The number of aromatic nitrogens is 4. The second-order valence-electron chi connectivity index (χ2n) is 6.97. The van der Waals surface area contributed by atoms with E-state index >= 15 is 0 Å². The third kappa shape index (κ3) is 3.70. The summed E-state index contributed by atoms with van der Waals surface area (Å²) in [7, 11) is -1.75. The van der Waals surface area contributed by atoms with Crippen molar-refractivity contribution in [3.8, 4) is 0 Å². The first-order valence-electron chi connectivity index (χ1n) is 8.97. The molecule has 1 amide bonds. The molecule has 4 rings (SSSR count). The lowest BCUT2D eigenvalue weighted by Gasteiger charge is -2.18. The summed E-state index contributed by atoms with van der Waals surface area (Å²) >= 11 is 0. The third-order valence-corrected chi connectivity index (χ3v) is 6.05. The summed E-state index contributed by atoms with van der Waals surface area (Å²) in [5.41, 5.74) is 2.54. The smallest absolute Gasteiger partial charge is 0.253 e. The second kappa shape index (κ2) is 7.28. The molecule has 3 heterocycles. The molecule has 1 aliphatic heterocycles. The van der Waals surface area contributed by atoms with Crippen molar-refractivity contribution in [1.29, 1.82) is 0 Å². The molecule has 1 aromatic carbocycles. The molecule has 9 nitrogen and oxygen atoms in total. The van der Waals surface area contributed by atoms with Crippen LogP contribution in [0.4, 0.5) is 5.69 Å². The number of aromatic amines is 1. The molecule has 10 heteroatoms. The number of H-pyrrole nitrogens is 1. The molecular formula is C19H20N6O3S. The average Bonchev–Trinajstić information content (AvgIpc) is 3.34. The van der Waals surface area contributed by atoms with Gasteiger partial charge in [0, 0.05) is 25.4 Å². The Labute approximate surface area is 168 Å². The summed E-state index contributed by atoms with van der Waals surface area (Å²) in [6, 6.07) is 10.6. The quantitative estimate of drug-likeness (QED) is 0.678. The maximum absolute atomic E-state index is 13.0. The largest absolute Gasteiger partial charge is 0.336 e. The van der Waals surface area contributed by atoms with Crippen LogP contribution in [0.5, 0.6) is 0 Å². The van der Waals surface area contributed by atoms with Crippen LogP contribution in [-0.4, -0.2) is 59.2 Å². The minimum absolute atomic E-state index is 0.174. The molecule has 0 aliphatic carbocycles. The van der Waals surface area contributed by atoms with E-state index in [0.717, 1.165) is 11.3 Å². The highest BCUT2D eigenvalue weighted by atomic mass is 32.2. The number of pyridine rings is 1. The highest BCUT2D eigenvalue weighted by Gasteiger charge is 2.36. The van der Waals surface area contributed by atoms with Crippen LogP contribution in [0.3, 0.4) is 0 Å². The summed E-state index contributed by atoms with van der Waals surface area (Å²) in [6.07, 6.45) is 4.23. The zero-order chi connectivity index (χ0) is 20.6. The van der Waals surface area contributed by atoms with Gasteiger partial charge in [0.1, 0.15) is 12.2 Å². The van der Waals surface area contributed by atoms with Gasteiger partial charge in [-0.05, 0) is 35.9 Å². The van der Waals surface area contributed by atoms with Crippen molar-refractivity contribution in [2.75, 3.05) is 24.2 Å². The highest BCUT2D eigenvalue weighted by molar-refractivity contribution is 7.92. The molecular weight excluding hydrogens is 392 g/mol. The van der Waals surface area contributed by atoms with Crippen molar-refractivity contribution in [2.45, 2.75) is 12.5 Å². The van der Waals surface area contributed by atoms with E-state index in [1.165, 1.54) is 16.9 Å². The van der Waals surface area contributed by atoms with E-state index in [4.69, 9.17) is 0 Å². The van der Waals surface area contributed by atoms with Crippen molar-refractivity contribution < 1.29 is 13.2 Å². The Bertz CT molecular complexity index is 1130. The summed E-state index contributed by atoms with van der Waals surface area (Å²) < 4.78 is 25.8. The predicted octanol–water partition coefficient (Wildman–Crippen LogP) is 1.38. The van der Waals surface area contributed by atoms with Crippen LogP contribution in [0.2, 0.25) is 0 Å². The summed E-state index contributed by atoms with van der Waals surface area (Å²) in [4.78, 5) is 23.0. The van der Waals surface area contributed by atoms with E-state index in [1.54, 1.807) is 36.3 Å². The lowest BCUT2D eigenvalue weighted by molar-refractivity contribution is 0.0783. The van der Waals surface area contributed by atoms with Gasteiger partial charge in [0.2, 0.25) is 10.0 Å². The lowest BCUT2D eigenvalue weighted by Crippen LogP contribution is -2.29. The minimum atomic E-state index is -3.46. The van der Waals surface area contributed by atoms with Crippen molar-refractivity contribution in [3.63, 3.8) is 0 Å². The molecule has 0 saturated heterocycles. The molecule has 1 atom stereocenters. The van der Waals surface area contributed by atoms with Crippen molar-refractivity contribution in [1.82, 2.24) is 25.1 Å². The lowest BCUT2D eigenvalue weighted by atomic mass is 9.98. The van der Waals surface area contributed by atoms with Crippen LogP contribution in [0, 0.1) is 0 Å². The van der Waals surface area contributed by atoms with E-state index in [-0.39, 0.29) is 18.4 Å². The summed E-state index contributed by atoms with van der Waals surface area (Å²) in [6.45, 7) is 0.586. The fourth-order valence-corrected chi connectivity index (χ4v) is 4.46. The molecule has 1 N–H and O–H groups in total. The zero-order valence-electron chi connectivity index (χ0n) is 16.0. The van der Waals surface area contributed by atoms with Gasteiger partial charge in [-0.2, -0.15) is 5.10 Å². The number of rotatable bonds is 5. The number of hydrogen-bond donors (Lipinski definition) is 1. The van der Waals surface area contributed by atoms with Crippen LogP contribution in [-0.2, 0) is 16.6 Å². The molecule has 1 aliphatic rings. The number of fused-ring (bicyclic) bond motifs is 1. The SMILES string of the molecule is CN(Cc1ccccn1)C(=O)c1ccc2c(c1)[C@H](c1ncn[nH]1)CN2S(C)(=O)=O. The molecule has 0 fully saturated rings. The standard InChI is InChI=1S/C19H20N6O3S/c1-24(10-14-5-3-4-8-20-14)19(26)13-6-7-17-15(9-13)16(18-21-12-22-23-18)11-25(17)29(2,27)28/h3-9,12,16H,10-11H2,1-2H3,(H,21,22,23)/t16-/m1/s1. The Morgan fingerprint density at radius 1 is 1.28 bits per heavy atom. The van der Waals surface area contributed by atoms with Crippen molar-refractivity contribution >= 4 is 21.6 Å². The summed E-state index contributed by atoms with van der Waals surface area (Å²) in [5, 5.41) is 6.68. The first-order valence-corrected chi connectivity index (χ1v) is 10.8. The number of nitrogens with zero attached hydrogens (tertiary/aromatic N) is 5. The van der Waals surface area contributed by atoms with Crippen LogP contribution in [0.1, 0.15) is 33.4 Å². The third-order valence-electron chi connectivity index (χ3n) is 4.90. The molecule has 0 saturated carbocycles. The van der Waals surface area contributed by atoms with Gasteiger partial charge in [-0.25, -0.2) is 13.4 Å². The number of hydrogen-bond acceptors (Lipinski definition) is 6. The highest BCUT2D eigenvalue weighted by Crippen LogP contribution is 2.40. The Morgan fingerprint density at radius 3 is 2.76 bits per heavy atom. The normalized spacial score (nSPS) is 15.9. The van der Waals surface area contributed by atoms with Gasteiger partial charge in [-0.1, -0.05) is 6.07 Å². The monoisotopic (exact) mass is 412 g/mol. The number of amides is 1. The van der Waals surface area contributed by atoms with Crippen LogP contribution in [0.25, 0.3) is 0 Å². The minimum Gasteiger partial charge on any atom is -0.336 e. The number of benzene rings is 1. The Morgan fingerprint density at radius 2 is 2.10 bits per heavy atom. The van der Waals surface area contributed by atoms with Gasteiger partial charge < -0.3 is 4.90 Å². The van der Waals surface area contributed by atoms with Crippen LogP contribution in [0.15, 0.2) is 48.9 Å². The second-order valence-corrected chi connectivity index (χ2v) is 8.88. The molecule has 3 aromatic rings. The molecule has 0 radical (unpaired) electrons. The van der Waals surface area contributed by atoms with Gasteiger partial charge in [-0.3, -0.25) is 19.2 Å². The average molecular weight is 412 g/mol. The van der Waals surface area contributed by atoms with Gasteiger partial charge in [-0.15, -0.1) is 0 Å². The van der Waals surface area contributed by atoms with E-state index in [2.05, 4.69) is 20.2 Å². The fraction of sp³-hybridized carbons (Fsp3) is 0.263. The first-order chi connectivity index (χ1) is 13.8. The van der Waals surface area contributed by atoms with E-state index in [0.29, 0.717) is 23.6 Å². The molecule has 29 heavy (non-hydrogen) atoms. The fourth-order valence-electron chi connectivity index (χ4n) is 3.51. The summed E-state index contributed by atoms with van der Waals surface area (Å²) in [5.74, 6) is 0.0625. The maximum Gasteiger partial charge on any atom is 0.253 e. The number of sulfonamides is 1. The Hall–Kier alpha value is -3.27. The topological polar surface area (TPSA) is 112 Å². The molecule has 0 bridgehead atoms. The first kappa shape index (κ1) is 19.1. The number of anilines is 1. The van der Waals surface area contributed by atoms with Gasteiger partial charge in [0.15, 0.2) is 0 Å².